The zero-order valence-corrected chi connectivity index (χ0v) is 22.0. The molecule has 12 nitrogen and oxygen atoms in total. The fraction of sp³-hybridized carbons (Fsp3) is 0.556. The maximum absolute atomic E-state index is 11.2. The number of carboxylic acids is 2. The zero-order valence-electron chi connectivity index (χ0n) is 22.0. The first-order valence-corrected chi connectivity index (χ1v) is 13.2. The highest BCUT2D eigenvalue weighted by atomic mass is 16.5. The molecule has 1 aliphatic carbocycles. The Kier molecular flexibility index (Phi) is 12.7. The van der Waals surface area contributed by atoms with Gasteiger partial charge in [-0.15, -0.1) is 0 Å². The van der Waals surface area contributed by atoms with Crippen molar-refractivity contribution in [2.45, 2.75) is 44.6 Å². The lowest BCUT2D eigenvalue weighted by Gasteiger charge is -2.26. The molecule has 0 amide bonds. The number of nitrogens with zero attached hydrogens (tertiary/aromatic N) is 4. The Morgan fingerprint density at radius 2 is 1.18 bits per heavy atom. The third-order valence-corrected chi connectivity index (χ3v) is 6.53. The summed E-state index contributed by atoms with van der Waals surface area (Å²) in [6.07, 6.45) is 2.68. The van der Waals surface area contributed by atoms with Crippen LogP contribution in [0.5, 0.6) is 0 Å². The van der Waals surface area contributed by atoms with E-state index in [0.29, 0.717) is 63.9 Å². The summed E-state index contributed by atoms with van der Waals surface area (Å²) in [5.41, 5.74) is 1.20. The number of aliphatic hydroxyl groups excluding tert-OH is 2. The number of rotatable bonds is 18. The number of pyridine rings is 2. The predicted octanol–water partition coefficient (Wildman–Crippen LogP) is 1.12. The Morgan fingerprint density at radius 3 is 1.56 bits per heavy atom. The first-order valence-electron chi connectivity index (χ1n) is 13.2. The Morgan fingerprint density at radius 1 is 0.744 bits per heavy atom. The first-order chi connectivity index (χ1) is 18.9. The van der Waals surface area contributed by atoms with Crippen molar-refractivity contribution in [3.8, 4) is 0 Å². The molecule has 2 atom stereocenters. The zero-order chi connectivity index (χ0) is 28.0. The Hall–Kier alpha value is -3.00. The minimum absolute atomic E-state index is 0.0127. The molecule has 2 heterocycles. The largest absolute Gasteiger partial charge is 0.477 e. The van der Waals surface area contributed by atoms with Gasteiger partial charge in [-0.3, -0.25) is 9.80 Å². The van der Waals surface area contributed by atoms with Gasteiger partial charge in [0.25, 0.3) is 0 Å². The highest BCUT2D eigenvalue weighted by Crippen LogP contribution is 2.25. The van der Waals surface area contributed by atoms with Crippen LogP contribution in [0.4, 0.5) is 0 Å². The van der Waals surface area contributed by atoms with E-state index < -0.39 is 11.9 Å². The van der Waals surface area contributed by atoms with E-state index in [9.17, 15) is 19.8 Å². The summed E-state index contributed by atoms with van der Waals surface area (Å²) >= 11 is 0. The molecule has 0 saturated heterocycles. The number of ether oxygens (including phenoxy) is 2. The van der Waals surface area contributed by atoms with Crippen molar-refractivity contribution < 1.29 is 39.5 Å². The third kappa shape index (κ3) is 10.2. The number of aliphatic hydroxyl groups is 2. The lowest BCUT2D eigenvalue weighted by Crippen LogP contribution is -2.35. The van der Waals surface area contributed by atoms with Gasteiger partial charge < -0.3 is 29.9 Å². The van der Waals surface area contributed by atoms with E-state index in [1.807, 2.05) is 9.80 Å². The van der Waals surface area contributed by atoms with Crippen LogP contribution in [-0.4, -0.2) is 117 Å². The summed E-state index contributed by atoms with van der Waals surface area (Å²) in [5.74, 6) is -2.16. The van der Waals surface area contributed by atoms with Crippen molar-refractivity contribution in [3.63, 3.8) is 0 Å². The normalized spacial score (nSPS) is 17.2. The number of aromatic carboxylic acids is 2. The van der Waals surface area contributed by atoms with Gasteiger partial charge in [0.1, 0.15) is 11.4 Å². The van der Waals surface area contributed by atoms with Gasteiger partial charge in [0.2, 0.25) is 0 Å². The molecule has 39 heavy (non-hydrogen) atoms. The maximum Gasteiger partial charge on any atom is 0.354 e. The monoisotopic (exact) mass is 546 g/mol. The number of hydrogen-bond acceptors (Lipinski definition) is 10. The molecule has 2 aromatic heterocycles. The van der Waals surface area contributed by atoms with Crippen LogP contribution in [-0.2, 0) is 22.6 Å². The van der Waals surface area contributed by atoms with Gasteiger partial charge in [0, 0.05) is 39.3 Å². The van der Waals surface area contributed by atoms with Crippen LogP contribution in [0.1, 0.15) is 51.6 Å². The summed E-state index contributed by atoms with van der Waals surface area (Å²) in [6.45, 7) is 3.54. The van der Waals surface area contributed by atoms with Gasteiger partial charge >= 0.3 is 11.9 Å². The minimum atomic E-state index is -1.08. The summed E-state index contributed by atoms with van der Waals surface area (Å²) < 4.78 is 12.3. The van der Waals surface area contributed by atoms with Crippen molar-refractivity contribution in [2.75, 3.05) is 52.6 Å². The molecule has 0 unspecified atom stereocenters. The Bertz CT molecular complexity index is 974. The molecule has 2 aromatic rings. The third-order valence-electron chi connectivity index (χ3n) is 6.53. The van der Waals surface area contributed by atoms with Gasteiger partial charge in [0.05, 0.1) is 50.0 Å². The van der Waals surface area contributed by atoms with Crippen molar-refractivity contribution in [1.82, 2.24) is 19.8 Å². The number of carbonyl (C=O) groups is 2. The van der Waals surface area contributed by atoms with Crippen LogP contribution in [0.3, 0.4) is 0 Å². The molecule has 1 aliphatic rings. The Balaban J connectivity index is 1.44. The average molecular weight is 547 g/mol. The second-order valence-corrected chi connectivity index (χ2v) is 9.39. The van der Waals surface area contributed by atoms with Crippen LogP contribution in [0.2, 0.25) is 0 Å². The van der Waals surface area contributed by atoms with E-state index in [1.54, 1.807) is 24.3 Å². The van der Waals surface area contributed by atoms with Crippen molar-refractivity contribution >= 4 is 11.9 Å². The van der Waals surface area contributed by atoms with Gasteiger partial charge in [-0.2, -0.15) is 0 Å². The lowest BCUT2D eigenvalue weighted by atomic mass is 10.2. The molecule has 4 N–H and O–H groups in total. The number of hydrogen-bond donors (Lipinski definition) is 4. The van der Waals surface area contributed by atoms with Gasteiger partial charge in [-0.05, 0) is 43.5 Å². The molecular formula is C27H38N4O8. The van der Waals surface area contributed by atoms with Crippen LogP contribution in [0.25, 0.3) is 0 Å². The number of carboxylic acid groups (broad SMARTS) is 2. The van der Waals surface area contributed by atoms with Crippen LogP contribution in [0, 0.1) is 0 Å². The van der Waals surface area contributed by atoms with E-state index in [2.05, 4.69) is 9.97 Å². The summed E-state index contributed by atoms with van der Waals surface area (Å²) in [6, 6.07) is 9.73. The fourth-order valence-corrected chi connectivity index (χ4v) is 4.59. The molecule has 3 rings (SSSR count). The van der Waals surface area contributed by atoms with E-state index in [0.717, 1.165) is 19.3 Å². The van der Waals surface area contributed by atoms with E-state index in [1.165, 1.54) is 12.1 Å². The highest BCUT2D eigenvalue weighted by Gasteiger charge is 2.29. The predicted molar refractivity (Wildman–Crippen MR) is 140 cm³/mol. The molecule has 12 heteroatoms. The smallest absolute Gasteiger partial charge is 0.354 e. The van der Waals surface area contributed by atoms with E-state index >= 15 is 0 Å². The van der Waals surface area contributed by atoms with Crippen LogP contribution in [0.15, 0.2) is 36.4 Å². The molecule has 0 spiro atoms. The molecular weight excluding hydrogens is 508 g/mol. The van der Waals surface area contributed by atoms with E-state index in [-0.39, 0.29) is 36.8 Å². The molecule has 1 saturated carbocycles. The lowest BCUT2D eigenvalue weighted by molar-refractivity contribution is -0.0649. The molecule has 214 valence electrons. The standard InChI is InChI=1S/C27H38N4O8/c32-14-10-30(18-20-4-1-6-22(28-20)26(34)35)12-16-38-24-8-3-9-25(24)39-17-13-31(11-15-33)19-21-5-2-7-23(29-21)27(36)37/h1-2,4-7,24-25,32-33H,3,8-19H2,(H,34,35)(H,36,37)/t24-,25+. The van der Waals surface area contributed by atoms with Crippen LogP contribution >= 0.6 is 0 Å². The first kappa shape index (κ1) is 30.5. The van der Waals surface area contributed by atoms with Gasteiger partial charge in [-0.25, -0.2) is 19.6 Å². The average Bonchev–Trinajstić information content (AvgIpc) is 3.36. The molecule has 0 radical (unpaired) electrons. The minimum Gasteiger partial charge on any atom is -0.477 e. The topological polar surface area (TPSA) is 166 Å². The molecule has 0 bridgehead atoms. The second-order valence-electron chi connectivity index (χ2n) is 9.39. The fourth-order valence-electron chi connectivity index (χ4n) is 4.59. The van der Waals surface area contributed by atoms with Gasteiger partial charge in [-0.1, -0.05) is 12.1 Å². The quantitative estimate of drug-likeness (QED) is 0.211. The summed E-state index contributed by atoms with van der Waals surface area (Å²) in [5, 5.41) is 37.2. The molecule has 0 aromatic carbocycles. The van der Waals surface area contributed by atoms with Crippen molar-refractivity contribution in [3.05, 3.63) is 59.2 Å². The van der Waals surface area contributed by atoms with Crippen molar-refractivity contribution in [2.24, 2.45) is 0 Å². The highest BCUT2D eigenvalue weighted by molar-refractivity contribution is 5.85. The van der Waals surface area contributed by atoms with Crippen molar-refractivity contribution in [1.29, 1.82) is 0 Å². The van der Waals surface area contributed by atoms with Gasteiger partial charge in [0.15, 0.2) is 0 Å². The molecule has 0 aliphatic heterocycles. The molecule has 1 fully saturated rings. The van der Waals surface area contributed by atoms with E-state index in [4.69, 9.17) is 19.7 Å². The summed E-state index contributed by atoms with van der Waals surface area (Å²) in [7, 11) is 0. The summed E-state index contributed by atoms with van der Waals surface area (Å²) in [4.78, 5) is 34.6. The second kappa shape index (κ2) is 16.2. The SMILES string of the molecule is O=C(O)c1cccc(CN(CCO)CCO[C@H]2CCC[C@H]2OCCN(CCO)Cc2cccc(C(=O)O)n2)n1. The van der Waals surface area contributed by atoms with Crippen LogP contribution < -0.4 is 0 Å². The number of aromatic nitrogens is 2. The Labute approximate surface area is 227 Å². The maximum atomic E-state index is 11.2.